The second-order valence-corrected chi connectivity index (χ2v) is 6.78. The molecule has 0 atom stereocenters. The number of hydrogen-bond acceptors (Lipinski definition) is 4. The molecule has 1 amide bonds. The molecule has 1 aromatic heterocycles. The molecule has 0 spiro atoms. The highest BCUT2D eigenvalue weighted by Crippen LogP contribution is 2.13. The van der Waals surface area contributed by atoms with Crippen molar-refractivity contribution in [2.75, 3.05) is 26.2 Å². The summed E-state index contributed by atoms with van der Waals surface area (Å²) < 4.78 is 1.72. The fourth-order valence-electron chi connectivity index (χ4n) is 3.39. The molecule has 0 bridgehead atoms. The Morgan fingerprint density at radius 3 is 2.22 bits per heavy atom. The van der Waals surface area contributed by atoms with Gasteiger partial charge in [0.05, 0.1) is 5.69 Å². The molecule has 27 heavy (non-hydrogen) atoms. The summed E-state index contributed by atoms with van der Waals surface area (Å²) in [4.78, 5) is 21.5. The molecule has 0 radical (unpaired) electrons. The first-order valence-corrected chi connectivity index (χ1v) is 9.25. The molecule has 6 heteroatoms. The largest absolute Gasteiger partial charge is 0.333 e. The zero-order valence-corrected chi connectivity index (χ0v) is 15.5. The van der Waals surface area contributed by atoms with Gasteiger partial charge in [0.1, 0.15) is 5.82 Å². The molecule has 0 unspecified atom stereocenters. The zero-order chi connectivity index (χ0) is 18.6. The van der Waals surface area contributed by atoms with Crippen LogP contribution in [0.4, 0.5) is 0 Å². The van der Waals surface area contributed by atoms with Crippen LogP contribution in [0.2, 0.25) is 0 Å². The fourth-order valence-corrected chi connectivity index (χ4v) is 3.39. The number of rotatable bonds is 4. The highest BCUT2D eigenvalue weighted by molar-refractivity contribution is 5.90. The average Bonchev–Trinajstić information content (AvgIpc) is 3.11. The lowest BCUT2D eigenvalue weighted by Gasteiger charge is -2.34. The molecule has 4 rings (SSSR count). The molecule has 3 aromatic rings. The van der Waals surface area contributed by atoms with E-state index >= 15 is 0 Å². The third kappa shape index (κ3) is 3.90. The van der Waals surface area contributed by atoms with E-state index in [1.165, 1.54) is 5.56 Å². The Morgan fingerprint density at radius 2 is 1.56 bits per heavy atom. The van der Waals surface area contributed by atoms with Crippen molar-refractivity contribution in [1.82, 2.24) is 24.6 Å². The number of benzene rings is 2. The van der Waals surface area contributed by atoms with E-state index in [1.807, 2.05) is 48.2 Å². The Morgan fingerprint density at radius 1 is 0.926 bits per heavy atom. The Kier molecular flexibility index (Phi) is 4.98. The van der Waals surface area contributed by atoms with Gasteiger partial charge in [0.2, 0.25) is 5.82 Å². The SMILES string of the molecule is Cc1nc(C(=O)N2CCN(Cc3ccccc3)CC2)nn1-c1ccccc1. The molecule has 138 valence electrons. The van der Waals surface area contributed by atoms with Gasteiger partial charge < -0.3 is 4.90 Å². The summed E-state index contributed by atoms with van der Waals surface area (Å²) in [6, 6.07) is 20.2. The normalized spacial score (nSPS) is 15.1. The Labute approximate surface area is 159 Å². The molecule has 6 nitrogen and oxygen atoms in total. The molecule has 2 heterocycles. The van der Waals surface area contributed by atoms with Crippen molar-refractivity contribution in [3.05, 3.63) is 77.9 Å². The van der Waals surface area contributed by atoms with Crippen LogP contribution in [-0.2, 0) is 6.54 Å². The van der Waals surface area contributed by atoms with Crippen molar-refractivity contribution < 1.29 is 4.79 Å². The minimum atomic E-state index is -0.0906. The van der Waals surface area contributed by atoms with Crippen LogP contribution < -0.4 is 0 Å². The van der Waals surface area contributed by atoms with E-state index in [1.54, 1.807) is 4.68 Å². The molecule has 0 N–H and O–H groups in total. The summed E-state index contributed by atoms with van der Waals surface area (Å²) in [7, 11) is 0. The van der Waals surface area contributed by atoms with E-state index in [0.717, 1.165) is 25.3 Å². The highest BCUT2D eigenvalue weighted by Gasteiger charge is 2.25. The van der Waals surface area contributed by atoms with Crippen LogP contribution in [0.3, 0.4) is 0 Å². The lowest BCUT2D eigenvalue weighted by Crippen LogP contribution is -2.48. The van der Waals surface area contributed by atoms with Crippen molar-refractivity contribution in [1.29, 1.82) is 0 Å². The maximum absolute atomic E-state index is 12.8. The standard InChI is InChI=1S/C21H23N5O/c1-17-22-20(23-26(17)19-10-6-3-7-11-19)21(27)25-14-12-24(13-15-25)16-18-8-4-2-5-9-18/h2-11H,12-16H2,1H3. The molecular formula is C21H23N5O. The summed E-state index contributed by atoms with van der Waals surface area (Å²) in [5.74, 6) is 0.896. The number of aryl methyl sites for hydroxylation is 1. The van der Waals surface area contributed by atoms with Crippen molar-refractivity contribution in [2.45, 2.75) is 13.5 Å². The number of nitrogens with zero attached hydrogens (tertiary/aromatic N) is 5. The van der Waals surface area contributed by atoms with Crippen LogP contribution in [0.1, 0.15) is 22.0 Å². The molecular weight excluding hydrogens is 338 g/mol. The summed E-state index contributed by atoms with van der Waals surface area (Å²) in [6.45, 7) is 5.91. The minimum Gasteiger partial charge on any atom is -0.333 e. The van der Waals surface area contributed by atoms with Gasteiger partial charge in [0.25, 0.3) is 5.91 Å². The van der Waals surface area contributed by atoms with Crippen molar-refractivity contribution in [2.24, 2.45) is 0 Å². The van der Waals surface area contributed by atoms with Gasteiger partial charge in [-0.25, -0.2) is 9.67 Å². The molecule has 1 saturated heterocycles. The van der Waals surface area contributed by atoms with Crippen molar-refractivity contribution >= 4 is 5.91 Å². The molecule has 1 aliphatic heterocycles. The van der Waals surface area contributed by atoms with E-state index in [4.69, 9.17) is 0 Å². The third-order valence-corrected chi connectivity index (χ3v) is 4.87. The number of para-hydroxylation sites is 1. The smallest absolute Gasteiger partial charge is 0.293 e. The van der Waals surface area contributed by atoms with Gasteiger partial charge in [0.15, 0.2) is 0 Å². The quantitative estimate of drug-likeness (QED) is 0.717. The van der Waals surface area contributed by atoms with E-state index in [9.17, 15) is 4.79 Å². The molecule has 2 aromatic carbocycles. The van der Waals surface area contributed by atoms with Crippen molar-refractivity contribution in [3.63, 3.8) is 0 Å². The number of carbonyl (C=O) groups is 1. The van der Waals surface area contributed by atoms with E-state index in [-0.39, 0.29) is 11.7 Å². The fraction of sp³-hybridized carbons (Fsp3) is 0.286. The number of aromatic nitrogens is 3. The van der Waals surface area contributed by atoms with Gasteiger partial charge in [-0.15, -0.1) is 5.10 Å². The third-order valence-electron chi connectivity index (χ3n) is 4.87. The summed E-state index contributed by atoms with van der Waals surface area (Å²) in [5.41, 5.74) is 2.21. The van der Waals surface area contributed by atoms with Crippen LogP contribution in [0, 0.1) is 6.92 Å². The van der Waals surface area contributed by atoms with E-state index in [2.05, 4.69) is 39.2 Å². The monoisotopic (exact) mass is 361 g/mol. The van der Waals surface area contributed by atoms with E-state index < -0.39 is 0 Å². The maximum atomic E-state index is 12.8. The lowest BCUT2D eigenvalue weighted by atomic mass is 10.2. The first kappa shape index (κ1) is 17.4. The summed E-state index contributed by atoms with van der Waals surface area (Å²) >= 11 is 0. The van der Waals surface area contributed by atoms with Gasteiger partial charge in [-0.2, -0.15) is 0 Å². The van der Waals surface area contributed by atoms with Gasteiger partial charge in [0, 0.05) is 32.7 Å². The van der Waals surface area contributed by atoms with Gasteiger partial charge in [-0.05, 0) is 24.6 Å². The summed E-state index contributed by atoms with van der Waals surface area (Å²) in [5, 5.41) is 4.44. The predicted octanol–water partition coefficient (Wildman–Crippen LogP) is 2.53. The zero-order valence-electron chi connectivity index (χ0n) is 15.5. The van der Waals surface area contributed by atoms with Gasteiger partial charge in [-0.1, -0.05) is 48.5 Å². The van der Waals surface area contributed by atoms with Crippen molar-refractivity contribution in [3.8, 4) is 5.69 Å². The first-order chi connectivity index (χ1) is 13.2. The second-order valence-electron chi connectivity index (χ2n) is 6.78. The minimum absolute atomic E-state index is 0.0906. The van der Waals surface area contributed by atoms with Gasteiger partial charge in [-0.3, -0.25) is 9.69 Å². The Balaban J connectivity index is 1.40. The maximum Gasteiger partial charge on any atom is 0.293 e. The first-order valence-electron chi connectivity index (χ1n) is 9.25. The van der Waals surface area contributed by atoms with E-state index in [0.29, 0.717) is 18.9 Å². The van der Waals surface area contributed by atoms with Crippen LogP contribution in [-0.4, -0.2) is 56.7 Å². The predicted molar refractivity (Wildman–Crippen MR) is 104 cm³/mol. The number of hydrogen-bond donors (Lipinski definition) is 0. The van der Waals surface area contributed by atoms with Crippen LogP contribution >= 0.6 is 0 Å². The van der Waals surface area contributed by atoms with Crippen LogP contribution in [0.25, 0.3) is 5.69 Å². The van der Waals surface area contributed by atoms with Crippen LogP contribution in [0.15, 0.2) is 60.7 Å². The Bertz CT molecular complexity index is 899. The topological polar surface area (TPSA) is 54.3 Å². The second kappa shape index (κ2) is 7.72. The average molecular weight is 361 g/mol. The Hall–Kier alpha value is -2.99. The number of carbonyl (C=O) groups excluding carboxylic acids is 1. The lowest BCUT2D eigenvalue weighted by molar-refractivity contribution is 0.0616. The molecule has 0 aliphatic carbocycles. The highest BCUT2D eigenvalue weighted by atomic mass is 16.2. The summed E-state index contributed by atoms with van der Waals surface area (Å²) in [6.07, 6.45) is 0. The molecule has 1 aliphatic rings. The van der Waals surface area contributed by atoms with Gasteiger partial charge >= 0.3 is 0 Å². The number of amides is 1. The molecule has 1 fully saturated rings. The number of piperazine rings is 1. The molecule has 0 saturated carbocycles. The van der Waals surface area contributed by atoms with Crippen LogP contribution in [0.5, 0.6) is 0 Å².